The maximum Gasteiger partial charge on any atom is 0.246 e. The summed E-state index contributed by atoms with van der Waals surface area (Å²) in [6, 6.07) is 7.44. The predicted octanol–water partition coefficient (Wildman–Crippen LogP) is 2.18. The lowest BCUT2D eigenvalue weighted by molar-refractivity contribution is -0.125. The third-order valence-corrected chi connectivity index (χ3v) is 3.19. The number of hydrogen-bond donors (Lipinski definition) is 1. The van der Waals surface area contributed by atoms with Crippen molar-refractivity contribution in [3.63, 3.8) is 0 Å². The molecule has 0 aliphatic carbocycles. The highest BCUT2D eigenvalue weighted by atomic mass is 35.5. The fourth-order valence-electron chi connectivity index (χ4n) is 1.91. The molecule has 0 atom stereocenters. The summed E-state index contributed by atoms with van der Waals surface area (Å²) in [4.78, 5) is 13.9. The molecule has 1 aromatic rings. The number of halogens is 1. The molecule has 4 heteroatoms. The molecule has 18 heavy (non-hydrogen) atoms. The molecule has 1 N–H and O–H groups in total. The Labute approximate surface area is 112 Å². The van der Waals surface area contributed by atoms with Crippen molar-refractivity contribution in [2.75, 3.05) is 26.2 Å². The summed E-state index contributed by atoms with van der Waals surface area (Å²) in [5, 5.41) is 3.99. The van der Waals surface area contributed by atoms with Gasteiger partial charge in [-0.15, -0.1) is 0 Å². The number of amides is 1. The van der Waals surface area contributed by atoms with Gasteiger partial charge in [0.05, 0.1) is 0 Å². The van der Waals surface area contributed by atoms with Crippen molar-refractivity contribution < 1.29 is 4.79 Å². The van der Waals surface area contributed by atoms with Crippen LogP contribution in [-0.2, 0) is 4.79 Å². The van der Waals surface area contributed by atoms with Crippen molar-refractivity contribution in [3.05, 3.63) is 40.9 Å². The van der Waals surface area contributed by atoms with Crippen LogP contribution in [-0.4, -0.2) is 37.0 Å². The fraction of sp³-hybridized carbons (Fsp3) is 0.357. The molecule has 0 spiro atoms. The lowest BCUT2D eigenvalue weighted by Gasteiger charge is -2.17. The first kappa shape index (κ1) is 13.1. The summed E-state index contributed by atoms with van der Waals surface area (Å²) in [6.07, 6.45) is 4.48. The Bertz CT molecular complexity index is 420. The topological polar surface area (TPSA) is 32.3 Å². The normalized spacial score (nSPS) is 16.8. The van der Waals surface area contributed by atoms with Crippen LogP contribution >= 0.6 is 11.6 Å². The van der Waals surface area contributed by atoms with Gasteiger partial charge in [0.25, 0.3) is 0 Å². The van der Waals surface area contributed by atoms with Gasteiger partial charge in [-0.3, -0.25) is 4.79 Å². The maximum absolute atomic E-state index is 12.0. The Hall–Kier alpha value is -1.32. The predicted molar refractivity (Wildman–Crippen MR) is 74.6 cm³/mol. The van der Waals surface area contributed by atoms with Crippen LogP contribution in [0.25, 0.3) is 6.08 Å². The van der Waals surface area contributed by atoms with Gasteiger partial charge in [0, 0.05) is 30.7 Å². The van der Waals surface area contributed by atoms with Crippen LogP contribution in [0, 0.1) is 0 Å². The van der Waals surface area contributed by atoms with E-state index < -0.39 is 0 Å². The molecule has 1 aromatic carbocycles. The minimum absolute atomic E-state index is 0.0775. The van der Waals surface area contributed by atoms with Crippen molar-refractivity contribution >= 4 is 23.6 Å². The Morgan fingerprint density at radius 1 is 1.22 bits per heavy atom. The third kappa shape index (κ3) is 3.86. The van der Waals surface area contributed by atoms with Gasteiger partial charge in [-0.25, -0.2) is 0 Å². The largest absolute Gasteiger partial charge is 0.338 e. The van der Waals surface area contributed by atoms with Crippen molar-refractivity contribution in [2.24, 2.45) is 0 Å². The fourth-order valence-corrected chi connectivity index (χ4v) is 2.04. The Morgan fingerprint density at radius 2 is 2.00 bits per heavy atom. The van der Waals surface area contributed by atoms with Crippen molar-refractivity contribution in [3.8, 4) is 0 Å². The second-order valence-electron chi connectivity index (χ2n) is 4.31. The van der Waals surface area contributed by atoms with E-state index >= 15 is 0 Å². The molecule has 1 heterocycles. The molecule has 1 aliphatic heterocycles. The molecule has 96 valence electrons. The summed E-state index contributed by atoms with van der Waals surface area (Å²) in [5.41, 5.74) is 0.987. The Balaban J connectivity index is 1.95. The average Bonchev–Trinajstić information content (AvgIpc) is 2.66. The van der Waals surface area contributed by atoms with Crippen LogP contribution in [0.3, 0.4) is 0 Å². The SMILES string of the molecule is O=C(/C=C/c1ccc(Cl)cc1)N1CCCNCC1. The Kier molecular flexibility index (Phi) is 4.79. The van der Waals surface area contributed by atoms with Gasteiger partial charge >= 0.3 is 0 Å². The van der Waals surface area contributed by atoms with E-state index in [1.54, 1.807) is 6.08 Å². The molecular weight excluding hydrogens is 248 g/mol. The molecule has 3 nitrogen and oxygen atoms in total. The summed E-state index contributed by atoms with van der Waals surface area (Å²) < 4.78 is 0. The number of rotatable bonds is 2. The minimum Gasteiger partial charge on any atom is -0.338 e. The molecule has 0 saturated carbocycles. The zero-order valence-corrected chi connectivity index (χ0v) is 11.0. The van der Waals surface area contributed by atoms with E-state index in [4.69, 9.17) is 11.6 Å². The first-order valence-corrected chi connectivity index (χ1v) is 6.57. The minimum atomic E-state index is 0.0775. The van der Waals surface area contributed by atoms with Gasteiger partial charge in [-0.05, 0) is 36.7 Å². The second-order valence-corrected chi connectivity index (χ2v) is 4.75. The first-order valence-electron chi connectivity index (χ1n) is 6.19. The van der Waals surface area contributed by atoms with Crippen LogP contribution in [0.4, 0.5) is 0 Å². The molecule has 0 radical (unpaired) electrons. The van der Waals surface area contributed by atoms with Gasteiger partial charge in [-0.1, -0.05) is 23.7 Å². The van der Waals surface area contributed by atoms with Crippen LogP contribution in [0.2, 0.25) is 5.02 Å². The third-order valence-electron chi connectivity index (χ3n) is 2.94. The summed E-state index contributed by atoms with van der Waals surface area (Å²) in [5.74, 6) is 0.0775. The molecule has 1 amide bonds. The number of benzene rings is 1. The van der Waals surface area contributed by atoms with Gasteiger partial charge in [0.15, 0.2) is 0 Å². The first-order chi connectivity index (χ1) is 8.75. The van der Waals surface area contributed by atoms with Crippen molar-refractivity contribution in [1.29, 1.82) is 0 Å². The Morgan fingerprint density at radius 3 is 2.78 bits per heavy atom. The van der Waals surface area contributed by atoms with E-state index in [-0.39, 0.29) is 5.91 Å². The molecule has 0 bridgehead atoms. The lowest BCUT2D eigenvalue weighted by Crippen LogP contribution is -2.32. The molecule has 1 aliphatic rings. The van der Waals surface area contributed by atoms with Gasteiger partial charge < -0.3 is 10.2 Å². The monoisotopic (exact) mass is 264 g/mol. The zero-order chi connectivity index (χ0) is 12.8. The molecule has 0 aromatic heterocycles. The molecule has 2 rings (SSSR count). The zero-order valence-electron chi connectivity index (χ0n) is 10.2. The highest BCUT2D eigenvalue weighted by Gasteiger charge is 2.11. The quantitative estimate of drug-likeness (QED) is 0.831. The standard InChI is InChI=1S/C14H17ClN2O/c15-13-5-2-12(3-6-13)4-7-14(18)17-10-1-8-16-9-11-17/h2-7,16H,1,8-11H2/b7-4+. The summed E-state index contributed by atoms with van der Waals surface area (Å²) >= 11 is 5.81. The van der Waals surface area contributed by atoms with Crippen molar-refractivity contribution in [1.82, 2.24) is 10.2 Å². The smallest absolute Gasteiger partial charge is 0.246 e. The van der Waals surface area contributed by atoms with Crippen LogP contribution in [0.15, 0.2) is 30.3 Å². The van der Waals surface area contributed by atoms with E-state index in [2.05, 4.69) is 5.32 Å². The summed E-state index contributed by atoms with van der Waals surface area (Å²) in [7, 11) is 0. The number of hydrogen-bond acceptors (Lipinski definition) is 2. The van der Waals surface area contributed by atoms with Crippen LogP contribution < -0.4 is 5.32 Å². The van der Waals surface area contributed by atoms with Gasteiger partial charge in [-0.2, -0.15) is 0 Å². The van der Waals surface area contributed by atoms with Gasteiger partial charge in [0.2, 0.25) is 5.91 Å². The van der Waals surface area contributed by atoms with Crippen LogP contribution in [0.5, 0.6) is 0 Å². The number of carbonyl (C=O) groups excluding carboxylic acids is 1. The van der Waals surface area contributed by atoms with Gasteiger partial charge in [0.1, 0.15) is 0 Å². The molecular formula is C14H17ClN2O. The average molecular weight is 265 g/mol. The number of nitrogens with one attached hydrogen (secondary N) is 1. The highest BCUT2D eigenvalue weighted by molar-refractivity contribution is 6.30. The highest BCUT2D eigenvalue weighted by Crippen LogP contribution is 2.10. The number of carbonyl (C=O) groups is 1. The molecule has 1 saturated heterocycles. The van der Waals surface area contributed by atoms with E-state index in [0.717, 1.165) is 38.2 Å². The van der Waals surface area contributed by atoms with E-state index in [1.807, 2.05) is 35.2 Å². The van der Waals surface area contributed by atoms with Crippen molar-refractivity contribution in [2.45, 2.75) is 6.42 Å². The summed E-state index contributed by atoms with van der Waals surface area (Å²) in [6.45, 7) is 3.48. The van der Waals surface area contributed by atoms with E-state index in [1.165, 1.54) is 0 Å². The maximum atomic E-state index is 12.0. The lowest BCUT2D eigenvalue weighted by atomic mass is 10.2. The van der Waals surface area contributed by atoms with E-state index in [9.17, 15) is 4.79 Å². The second kappa shape index (κ2) is 6.57. The molecule has 1 fully saturated rings. The van der Waals surface area contributed by atoms with Crippen LogP contribution in [0.1, 0.15) is 12.0 Å². The van der Waals surface area contributed by atoms with E-state index in [0.29, 0.717) is 5.02 Å². The molecule has 0 unspecified atom stereocenters. The number of nitrogens with zero attached hydrogens (tertiary/aromatic N) is 1.